The molecular weight excluding hydrogens is 356 g/mol. The summed E-state index contributed by atoms with van der Waals surface area (Å²) in [5.74, 6) is 0.149. The van der Waals surface area contributed by atoms with E-state index in [0.29, 0.717) is 12.3 Å². The van der Waals surface area contributed by atoms with Gasteiger partial charge in [0.05, 0.1) is 5.75 Å². The van der Waals surface area contributed by atoms with E-state index in [1.165, 1.54) is 11.8 Å². The SMILES string of the molecule is CC[C@@H](C)NC(=O)[C@H](C)N(Cc1ccccc1)C(=O)CSc1ccccc1. The third-order valence-electron chi connectivity index (χ3n) is 4.47. The van der Waals surface area contributed by atoms with Gasteiger partial charge in [-0.1, -0.05) is 55.5 Å². The highest BCUT2D eigenvalue weighted by molar-refractivity contribution is 8.00. The lowest BCUT2D eigenvalue weighted by atomic mass is 10.1. The van der Waals surface area contributed by atoms with Crippen LogP contribution in [0.25, 0.3) is 0 Å². The van der Waals surface area contributed by atoms with E-state index in [9.17, 15) is 9.59 Å². The molecule has 0 heterocycles. The minimum absolute atomic E-state index is 0.0421. The summed E-state index contributed by atoms with van der Waals surface area (Å²) in [7, 11) is 0. The van der Waals surface area contributed by atoms with Gasteiger partial charge in [-0.15, -0.1) is 11.8 Å². The smallest absolute Gasteiger partial charge is 0.242 e. The molecule has 0 spiro atoms. The Morgan fingerprint density at radius 3 is 2.19 bits per heavy atom. The zero-order chi connectivity index (χ0) is 19.6. The Labute approximate surface area is 166 Å². The monoisotopic (exact) mass is 384 g/mol. The Morgan fingerprint density at radius 2 is 1.59 bits per heavy atom. The number of thioether (sulfide) groups is 1. The number of nitrogens with zero attached hydrogens (tertiary/aromatic N) is 1. The van der Waals surface area contributed by atoms with Crippen LogP contribution in [0.15, 0.2) is 65.6 Å². The molecule has 0 saturated carbocycles. The minimum Gasteiger partial charge on any atom is -0.352 e. The zero-order valence-corrected chi connectivity index (χ0v) is 17.0. The Morgan fingerprint density at radius 1 is 1.00 bits per heavy atom. The van der Waals surface area contributed by atoms with Crippen molar-refractivity contribution < 1.29 is 9.59 Å². The van der Waals surface area contributed by atoms with Crippen molar-refractivity contribution in [2.24, 2.45) is 0 Å². The minimum atomic E-state index is -0.525. The molecule has 0 fully saturated rings. The van der Waals surface area contributed by atoms with Crippen LogP contribution in [0.3, 0.4) is 0 Å². The fourth-order valence-corrected chi connectivity index (χ4v) is 3.38. The van der Waals surface area contributed by atoms with E-state index in [0.717, 1.165) is 16.9 Å². The van der Waals surface area contributed by atoms with Gasteiger partial charge in [-0.05, 0) is 38.0 Å². The van der Waals surface area contributed by atoms with Crippen LogP contribution in [0.2, 0.25) is 0 Å². The lowest BCUT2D eigenvalue weighted by molar-refractivity contribution is -0.138. The number of rotatable bonds is 9. The Hall–Kier alpha value is -2.27. The second kappa shape index (κ2) is 10.8. The van der Waals surface area contributed by atoms with Crippen molar-refractivity contribution in [3.8, 4) is 0 Å². The van der Waals surface area contributed by atoms with Crippen LogP contribution in [0, 0.1) is 0 Å². The van der Waals surface area contributed by atoms with Crippen LogP contribution in [0.4, 0.5) is 0 Å². The van der Waals surface area contributed by atoms with E-state index in [1.54, 1.807) is 11.8 Å². The molecule has 0 unspecified atom stereocenters. The van der Waals surface area contributed by atoms with Gasteiger partial charge >= 0.3 is 0 Å². The maximum atomic E-state index is 12.9. The van der Waals surface area contributed by atoms with E-state index < -0.39 is 6.04 Å². The molecule has 1 N–H and O–H groups in total. The van der Waals surface area contributed by atoms with Crippen LogP contribution in [0.5, 0.6) is 0 Å². The molecule has 5 heteroatoms. The van der Waals surface area contributed by atoms with E-state index >= 15 is 0 Å². The Kier molecular flexibility index (Phi) is 8.40. The number of carbonyl (C=O) groups is 2. The molecule has 2 rings (SSSR count). The van der Waals surface area contributed by atoms with Crippen LogP contribution >= 0.6 is 11.8 Å². The summed E-state index contributed by atoms with van der Waals surface area (Å²) in [4.78, 5) is 28.3. The zero-order valence-electron chi connectivity index (χ0n) is 16.2. The van der Waals surface area contributed by atoms with Gasteiger partial charge in [0.1, 0.15) is 6.04 Å². The Bertz CT molecular complexity index is 722. The predicted octanol–water partition coefficient (Wildman–Crippen LogP) is 4.11. The normalized spacial score (nSPS) is 12.9. The molecule has 0 aliphatic heterocycles. The number of benzene rings is 2. The first-order valence-corrected chi connectivity index (χ1v) is 10.3. The van der Waals surface area contributed by atoms with Crippen LogP contribution in [-0.2, 0) is 16.1 Å². The average molecular weight is 385 g/mol. The molecule has 0 radical (unpaired) electrons. The van der Waals surface area contributed by atoms with Crippen molar-refractivity contribution in [2.45, 2.75) is 50.7 Å². The van der Waals surface area contributed by atoms with Gasteiger partial charge in [0.2, 0.25) is 11.8 Å². The molecule has 2 amide bonds. The highest BCUT2D eigenvalue weighted by Crippen LogP contribution is 2.19. The van der Waals surface area contributed by atoms with Crippen LogP contribution < -0.4 is 5.32 Å². The van der Waals surface area contributed by atoms with E-state index in [4.69, 9.17) is 0 Å². The van der Waals surface area contributed by atoms with Gasteiger partial charge in [0.25, 0.3) is 0 Å². The number of nitrogens with one attached hydrogen (secondary N) is 1. The second-order valence-electron chi connectivity index (χ2n) is 6.60. The summed E-state index contributed by atoms with van der Waals surface area (Å²) in [6.07, 6.45) is 0.856. The maximum Gasteiger partial charge on any atom is 0.242 e. The molecular formula is C22H28N2O2S. The topological polar surface area (TPSA) is 49.4 Å². The molecule has 27 heavy (non-hydrogen) atoms. The van der Waals surface area contributed by atoms with Crippen molar-refractivity contribution >= 4 is 23.6 Å². The third kappa shape index (κ3) is 6.75. The quantitative estimate of drug-likeness (QED) is 0.662. The van der Waals surface area contributed by atoms with Gasteiger partial charge in [-0.25, -0.2) is 0 Å². The summed E-state index contributed by atoms with van der Waals surface area (Å²) in [6, 6.07) is 19.2. The van der Waals surface area contributed by atoms with Crippen molar-refractivity contribution in [1.82, 2.24) is 10.2 Å². The van der Waals surface area contributed by atoms with Gasteiger partial charge < -0.3 is 10.2 Å². The van der Waals surface area contributed by atoms with E-state index in [2.05, 4.69) is 5.32 Å². The molecule has 0 aliphatic carbocycles. The molecule has 2 atom stereocenters. The summed E-state index contributed by atoms with van der Waals surface area (Å²) in [5.41, 5.74) is 1.01. The molecule has 2 aromatic carbocycles. The number of hydrogen-bond acceptors (Lipinski definition) is 3. The average Bonchev–Trinajstić information content (AvgIpc) is 2.71. The fourth-order valence-electron chi connectivity index (χ4n) is 2.57. The second-order valence-corrected chi connectivity index (χ2v) is 7.65. The first kappa shape index (κ1) is 21.0. The highest BCUT2D eigenvalue weighted by atomic mass is 32.2. The van der Waals surface area contributed by atoms with Crippen LogP contribution in [0.1, 0.15) is 32.8 Å². The first-order valence-electron chi connectivity index (χ1n) is 9.32. The Balaban J connectivity index is 2.10. The van der Waals surface area contributed by atoms with E-state index in [1.807, 2.05) is 74.5 Å². The summed E-state index contributed by atoms with van der Waals surface area (Å²) < 4.78 is 0. The molecule has 2 aromatic rings. The summed E-state index contributed by atoms with van der Waals surface area (Å²) >= 11 is 1.49. The molecule has 4 nitrogen and oxygen atoms in total. The van der Waals surface area contributed by atoms with Gasteiger partial charge in [-0.3, -0.25) is 9.59 Å². The van der Waals surface area contributed by atoms with Crippen LogP contribution in [-0.4, -0.2) is 34.6 Å². The molecule has 144 valence electrons. The van der Waals surface area contributed by atoms with Crippen molar-refractivity contribution in [1.29, 1.82) is 0 Å². The lowest BCUT2D eigenvalue weighted by Gasteiger charge is -2.29. The van der Waals surface area contributed by atoms with Gasteiger partial charge in [0, 0.05) is 17.5 Å². The number of carbonyl (C=O) groups excluding carboxylic acids is 2. The molecule has 0 aliphatic rings. The standard InChI is InChI=1S/C22H28N2O2S/c1-4-17(2)23-22(26)18(3)24(15-19-11-7-5-8-12-19)21(25)16-27-20-13-9-6-10-14-20/h5-14,17-18H,4,15-16H2,1-3H3,(H,23,26)/t17-,18+/m1/s1. The molecule has 0 bridgehead atoms. The van der Waals surface area contributed by atoms with Crippen molar-refractivity contribution in [2.75, 3.05) is 5.75 Å². The molecule has 0 saturated heterocycles. The maximum absolute atomic E-state index is 12.9. The largest absolute Gasteiger partial charge is 0.352 e. The third-order valence-corrected chi connectivity index (χ3v) is 5.47. The summed E-state index contributed by atoms with van der Waals surface area (Å²) in [5, 5.41) is 2.98. The first-order chi connectivity index (χ1) is 13.0. The number of hydrogen-bond donors (Lipinski definition) is 1. The van der Waals surface area contributed by atoms with Crippen molar-refractivity contribution in [3.63, 3.8) is 0 Å². The lowest BCUT2D eigenvalue weighted by Crippen LogP contribution is -2.50. The van der Waals surface area contributed by atoms with Gasteiger partial charge in [-0.2, -0.15) is 0 Å². The predicted molar refractivity (Wildman–Crippen MR) is 112 cm³/mol. The highest BCUT2D eigenvalue weighted by Gasteiger charge is 2.26. The van der Waals surface area contributed by atoms with Crippen molar-refractivity contribution in [3.05, 3.63) is 66.2 Å². The summed E-state index contributed by atoms with van der Waals surface area (Å²) in [6.45, 7) is 6.22. The van der Waals surface area contributed by atoms with E-state index in [-0.39, 0.29) is 17.9 Å². The molecule has 0 aromatic heterocycles. The van der Waals surface area contributed by atoms with Gasteiger partial charge in [0.15, 0.2) is 0 Å². The number of amides is 2. The fraction of sp³-hybridized carbons (Fsp3) is 0.364.